The van der Waals surface area contributed by atoms with Crippen molar-refractivity contribution in [1.82, 2.24) is 15.0 Å². The predicted molar refractivity (Wildman–Crippen MR) is 80.9 cm³/mol. The Hall–Kier alpha value is -1.67. The van der Waals surface area contributed by atoms with Gasteiger partial charge in [0.2, 0.25) is 11.9 Å². The summed E-state index contributed by atoms with van der Waals surface area (Å²) in [6.45, 7) is 5.84. The summed E-state index contributed by atoms with van der Waals surface area (Å²) in [5, 5.41) is 12.8. The van der Waals surface area contributed by atoms with Gasteiger partial charge in [-0.25, -0.2) is 0 Å². The highest BCUT2D eigenvalue weighted by Crippen LogP contribution is 2.14. The third-order valence-corrected chi connectivity index (χ3v) is 2.56. The Bertz CT molecular complexity index is 419. The SMILES string of the molecule is CCCOc1nc(NCC)nc(N(C)CC(O)COC)n1. The topological polar surface area (TPSA) is 92.6 Å². The van der Waals surface area contributed by atoms with E-state index in [9.17, 15) is 5.11 Å². The van der Waals surface area contributed by atoms with Crippen molar-refractivity contribution in [3.8, 4) is 6.01 Å². The quantitative estimate of drug-likeness (QED) is 0.646. The molecule has 0 saturated carbocycles. The third kappa shape index (κ3) is 6.09. The van der Waals surface area contributed by atoms with Gasteiger partial charge in [0.15, 0.2) is 0 Å². The van der Waals surface area contributed by atoms with Gasteiger partial charge in [-0.3, -0.25) is 0 Å². The van der Waals surface area contributed by atoms with Crippen molar-refractivity contribution in [2.45, 2.75) is 26.4 Å². The Morgan fingerprint density at radius 3 is 2.67 bits per heavy atom. The van der Waals surface area contributed by atoms with Crippen molar-refractivity contribution in [2.24, 2.45) is 0 Å². The Morgan fingerprint density at radius 2 is 2.05 bits per heavy atom. The fourth-order valence-electron chi connectivity index (χ4n) is 1.65. The zero-order valence-corrected chi connectivity index (χ0v) is 13.2. The summed E-state index contributed by atoms with van der Waals surface area (Å²) in [5.74, 6) is 0.906. The van der Waals surface area contributed by atoms with Crippen LogP contribution in [0.5, 0.6) is 6.01 Å². The number of methoxy groups -OCH3 is 1. The predicted octanol–water partition coefficient (Wildman–Crippen LogP) is 0.536. The maximum Gasteiger partial charge on any atom is 0.323 e. The van der Waals surface area contributed by atoms with E-state index < -0.39 is 6.10 Å². The van der Waals surface area contributed by atoms with Crippen LogP contribution in [0.4, 0.5) is 11.9 Å². The number of ether oxygens (including phenoxy) is 2. The van der Waals surface area contributed by atoms with E-state index in [1.165, 1.54) is 0 Å². The number of nitrogens with one attached hydrogen (secondary N) is 1. The van der Waals surface area contributed by atoms with Gasteiger partial charge in [0.05, 0.1) is 19.3 Å². The average Bonchev–Trinajstić information content (AvgIpc) is 2.45. The maximum absolute atomic E-state index is 9.78. The molecule has 8 heteroatoms. The summed E-state index contributed by atoms with van der Waals surface area (Å²) in [4.78, 5) is 14.5. The molecule has 0 bridgehead atoms. The second-order valence-corrected chi connectivity index (χ2v) is 4.61. The number of aliphatic hydroxyl groups is 1. The molecule has 1 aromatic rings. The molecule has 0 aromatic carbocycles. The molecule has 1 heterocycles. The molecule has 0 saturated heterocycles. The number of hydrogen-bond donors (Lipinski definition) is 2. The molecule has 1 unspecified atom stereocenters. The van der Waals surface area contributed by atoms with Crippen molar-refractivity contribution in [2.75, 3.05) is 50.7 Å². The first kappa shape index (κ1) is 17.4. The van der Waals surface area contributed by atoms with Crippen LogP contribution in [0.1, 0.15) is 20.3 Å². The van der Waals surface area contributed by atoms with E-state index >= 15 is 0 Å². The molecule has 0 spiro atoms. The Kier molecular flexibility index (Phi) is 7.70. The fourth-order valence-corrected chi connectivity index (χ4v) is 1.65. The minimum atomic E-state index is -0.612. The normalized spacial score (nSPS) is 12.0. The van der Waals surface area contributed by atoms with Crippen molar-refractivity contribution in [1.29, 1.82) is 0 Å². The van der Waals surface area contributed by atoms with Crippen LogP contribution in [-0.2, 0) is 4.74 Å². The molecule has 0 amide bonds. The molecule has 1 atom stereocenters. The second-order valence-electron chi connectivity index (χ2n) is 4.61. The van der Waals surface area contributed by atoms with Crippen LogP contribution in [0.2, 0.25) is 0 Å². The molecular formula is C13H25N5O3. The molecule has 0 aliphatic carbocycles. The van der Waals surface area contributed by atoms with Gasteiger partial charge in [0, 0.05) is 27.2 Å². The maximum atomic E-state index is 9.78. The Balaban J connectivity index is 2.84. The summed E-state index contributed by atoms with van der Waals surface area (Å²) >= 11 is 0. The van der Waals surface area contributed by atoms with Crippen LogP contribution in [-0.4, -0.2) is 66.6 Å². The molecule has 0 aliphatic rings. The molecule has 21 heavy (non-hydrogen) atoms. The molecule has 8 nitrogen and oxygen atoms in total. The summed E-state index contributed by atoms with van der Waals surface area (Å²) < 4.78 is 10.4. The molecule has 0 aliphatic heterocycles. The number of rotatable bonds is 10. The van der Waals surface area contributed by atoms with Gasteiger partial charge in [0.1, 0.15) is 0 Å². The lowest BCUT2D eigenvalue weighted by Crippen LogP contribution is -2.33. The number of likely N-dealkylation sites (N-methyl/N-ethyl adjacent to an activating group) is 1. The van der Waals surface area contributed by atoms with Crippen molar-refractivity contribution < 1.29 is 14.6 Å². The van der Waals surface area contributed by atoms with E-state index in [-0.39, 0.29) is 12.6 Å². The first-order chi connectivity index (χ1) is 10.1. The molecular weight excluding hydrogens is 274 g/mol. The smallest absolute Gasteiger partial charge is 0.323 e. The standard InChI is InChI=1S/C13H25N5O3/c1-5-7-21-13-16-11(14-6-2)15-12(17-13)18(3)8-10(19)9-20-4/h10,19H,5-9H2,1-4H3,(H,14,15,16,17). The highest BCUT2D eigenvalue weighted by atomic mass is 16.5. The van der Waals surface area contributed by atoms with Crippen LogP contribution in [0.25, 0.3) is 0 Å². The molecule has 1 rings (SSSR count). The third-order valence-electron chi connectivity index (χ3n) is 2.56. The minimum absolute atomic E-state index is 0.259. The van der Waals surface area contributed by atoms with Crippen LogP contribution in [0.15, 0.2) is 0 Å². The van der Waals surface area contributed by atoms with Crippen molar-refractivity contribution in [3.05, 3.63) is 0 Å². The first-order valence-electron chi connectivity index (χ1n) is 7.11. The van der Waals surface area contributed by atoms with E-state index in [0.29, 0.717) is 31.6 Å². The summed E-state index contributed by atoms with van der Waals surface area (Å²) in [6, 6.07) is 0.283. The van der Waals surface area contributed by atoms with Gasteiger partial charge in [-0.15, -0.1) is 0 Å². The summed E-state index contributed by atoms with van der Waals surface area (Å²) in [6.07, 6.45) is 0.263. The van der Waals surface area contributed by atoms with Crippen molar-refractivity contribution in [3.63, 3.8) is 0 Å². The van der Waals surface area contributed by atoms with Crippen LogP contribution < -0.4 is 15.0 Å². The molecule has 0 fully saturated rings. The lowest BCUT2D eigenvalue weighted by atomic mass is 10.3. The molecule has 2 N–H and O–H groups in total. The average molecular weight is 299 g/mol. The zero-order valence-electron chi connectivity index (χ0n) is 13.2. The Morgan fingerprint density at radius 1 is 1.29 bits per heavy atom. The minimum Gasteiger partial charge on any atom is -0.463 e. The second kappa shape index (κ2) is 9.30. The van der Waals surface area contributed by atoms with Crippen molar-refractivity contribution >= 4 is 11.9 Å². The highest BCUT2D eigenvalue weighted by Gasteiger charge is 2.14. The monoisotopic (exact) mass is 299 g/mol. The first-order valence-corrected chi connectivity index (χ1v) is 7.11. The number of hydrogen-bond acceptors (Lipinski definition) is 8. The van der Waals surface area contributed by atoms with Gasteiger partial charge in [0.25, 0.3) is 0 Å². The Labute approximate surface area is 125 Å². The highest BCUT2D eigenvalue weighted by molar-refractivity contribution is 5.37. The van der Waals surface area contributed by atoms with E-state index in [1.807, 2.05) is 13.8 Å². The summed E-state index contributed by atoms with van der Waals surface area (Å²) in [5.41, 5.74) is 0. The van der Waals surface area contributed by atoms with E-state index in [2.05, 4.69) is 20.3 Å². The number of anilines is 2. The number of aromatic nitrogens is 3. The van der Waals surface area contributed by atoms with E-state index in [4.69, 9.17) is 9.47 Å². The molecule has 0 radical (unpaired) electrons. The van der Waals surface area contributed by atoms with Gasteiger partial charge in [-0.1, -0.05) is 6.92 Å². The lowest BCUT2D eigenvalue weighted by Gasteiger charge is -2.21. The molecule has 120 valence electrons. The largest absolute Gasteiger partial charge is 0.463 e. The van der Waals surface area contributed by atoms with Crippen LogP contribution in [0.3, 0.4) is 0 Å². The zero-order chi connectivity index (χ0) is 15.7. The van der Waals surface area contributed by atoms with E-state index in [0.717, 1.165) is 6.42 Å². The van der Waals surface area contributed by atoms with Gasteiger partial charge >= 0.3 is 6.01 Å². The van der Waals surface area contributed by atoms with E-state index in [1.54, 1.807) is 19.1 Å². The molecule has 1 aromatic heterocycles. The number of nitrogens with zero attached hydrogens (tertiary/aromatic N) is 4. The van der Waals surface area contributed by atoms with Gasteiger partial charge in [-0.05, 0) is 13.3 Å². The summed E-state index contributed by atoms with van der Waals surface area (Å²) in [7, 11) is 3.35. The fraction of sp³-hybridized carbons (Fsp3) is 0.769. The van der Waals surface area contributed by atoms with Crippen LogP contribution in [0, 0.1) is 0 Å². The number of aliphatic hydroxyl groups excluding tert-OH is 1. The lowest BCUT2D eigenvalue weighted by molar-refractivity contribution is 0.0693. The van der Waals surface area contributed by atoms with Crippen LogP contribution >= 0.6 is 0 Å². The van der Waals surface area contributed by atoms with Gasteiger partial charge < -0.3 is 24.8 Å². The van der Waals surface area contributed by atoms with Gasteiger partial charge in [-0.2, -0.15) is 15.0 Å².